The molecule has 224 valence electrons. The van der Waals surface area contributed by atoms with Crippen LogP contribution in [0.5, 0.6) is 0 Å². The van der Waals surface area contributed by atoms with Crippen molar-refractivity contribution in [2.24, 2.45) is 5.92 Å². The number of allylic oxidation sites excluding steroid dienone is 1. The van der Waals surface area contributed by atoms with E-state index in [0.717, 1.165) is 6.42 Å². The monoisotopic (exact) mass is 610 g/mol. The minimum absolute atomic E-state index is 0.132. The van der Waals surface area contributed by atoms with Crippen LogP contribution in [-0.4, -0.2) is 25.4 Å². The third kappa shape index (κ3) is 4.54. The van der Waals surface area contributed by atoms with Crippen molar-refractivity contribution < 1.29 is 0 Å². The predicted molar refractivity (Wildman–Crippen MR) is 198 cm³/mol. The van der Waals surface area contributed by atoms with E-state index in [1.807, 2.05) is 0 Å². The molecule has 2 heterocycles. The first-order valence-electron chi connectivity index (χ1n) is 16.4. The van der Waals surface area contributed by atoms with Gasteiger partial charge in [-0.1, -0.05) is 165 Å². The van der Waals surface area contributed by atoms with Crippen molar-refractivity contribution in [3.8, 4) is 16.8 Å². The number of hydrogen-bond acceptors (Lipinski definition) is 1. The molecular formula is C43H38N2Si. The van der Waals surface area contributed by atoms with Gasteiger partial charge < -0.3 is 4.90 Å². The number of rotatable bonds is 6. The van der Waals surface area contributed by atoms with Gasteiger partial charge in [-0.15, -0.1) is 0 Å². The molecule has 0 amide bonds. The van der Waals surface area contributed by atoms with Crippen molar-refractivity contribution in [3.63, 3.8) is 0 Å². The first kappa shape index (κ1) is 28.4. The Morgan fingerprint density at radius 2 is 1.04 bits per heavy atom. The van der Waals surface area contributed by atoms with Crippen LogP contribution in [0.2, 0.25) is 0 Å². The maximum absolute atomic E-state index is 2.72. The Bertz CT molecular complexity index is 1990. The summed E-state index contributed by atoms with van der Waals surface area (Å²) in [4.78, 5) is 2.61. The normalized spacial score (nSPS) is 17.0. The molecule has 0 saturated heterocycles. The van der Waals surface area contributed by atoms with Gasteiger partial charge in [0.2, 0.25) is 0 Å². The summed E-state index contributed by atoms with van der Waals surface area (Å²) in [6, 6.07) is 53.8. The van der Waals surface area contributed by atoms with Gasteiger partial charge >= 0.3 is 0 Å². The molecule has 5 aromatic carbocycles. The Morgan fingerprint density at radius 3 is 1.65 bits per heavy atom. The van der Waals surface area contributed by atoms with Crippen molar-refractivity contribution in [2.45, 2.75) is 19.0 Å². The number of anilines is 1. The lowest BCUT2D eigenvalue weighted by molar-refractivity contribution is 0.685. The summed E-state index contributed by atoms with van der Waals surface area (Å²) in [7, 11) is -0.391. The largest absolute Gasteiger partial charge is 0.355 e. The van der Waals surface area contributed by atoms with Crippen molar-refractivity contribution >= 4 is 41.6 Å². The Kier molecular flexibility index (Phi) is 7.19. The zero-order valence-corrected chi connectivity index (χ0v) is 27.4. The summed E-state index contributed by atoms with van der Waals surface area (Å²) in [6.07, 6.45) is 10.7. The van der Waals surface area contributed by atoms with Gasteiger partial charge in [-0.3, -0.25) is 4.57 Å². The smallest absolute Gasteiger partial charge is 0.175 e. The minimum atomic E-state index is -2.72. The van der Waals surface area contributed by atoms with Crippen LogP contribution in [0.15, 0.2) is 158 Å². The second-order valence-electron chi connectivity index (χ2n) is 12.7. The Hall–Kier alpha value is -5.12. The SMILES string of the molecule is CC1C=Cc2c3c(n(-c4ccccc4)c2C1)N(C)C([Si](c1ccccc1)(c1ccccc1)c1ccc(-c2ccccc2)cc1)C=C3. The average molecular weight is 611 g/mol. The van der Waals surface area contributed by atoms with Crippen LogP contribution >= 0.6 is 0 Å². The van der Waals surface area contributed by atoms with E-state index in [-0.39, 0.29) is 5.67 Å². The molecule has 1 aliphatic carbocycles. The van der Waals surface area contributed by atoms with E-state index in [0.29, 0.717) is 5.92 Å². The summed E-state index contributed by atoms with van der Waals surface area (Å²) in [5, 5.41) is 4.23. The van der Waals surface area contributed by atoms with Gasteiger partial charge in [-0.05, 0) is 51.2 Å². The number of benzene rings is 5. The van der Waals surface area contributed by atoms with Crippen LogP contribution in [0, 0.1) is 5.92 Å². The topological polar surface area (TPSA) is 8.17 Å². The molecule has 0 fully saturated rings. The van der Waals surface area contributed by atoms with Gasteiger partial charge in [0.1, 0.15) is 5.82 Å². The fourth-order valence-corrected chi connectivity index (χ4v) is 13.1. The third-order valence-electron chi connectivity index (χ3n) is 9.99. The van der Waals surface area contributed by atoms with Crippen LogP contribution < -0.4 is 20.5 Å². The fourth-order valence-electron chi connectivity index (χ4n) is 7.89. The Labute approximate surface area is 273 Å². The highest BCUT2D eigenvalue weighted by atomic mass is 28.3. The van der Waals surface area contributed by atoms with Crippen LogP contribution in [0.1, 0.15) is 23.7 Å². The molecule has 0 N–H and O–H groups in total. The van der Waals surface area contributed by atoms with E-state index in [1.165, 1.54) is 55.0 Å². The average Bonchev–Trinajstić information content (AvgIpc) is 3.45. The maximum atomic E-state index is 2.61. The molecule has 1 aliphatic heterocycles. The van der Waals surface area contributed by atoms with E-state index >= 15 is 0 Å². The molecule has 1 aromatic heterocycles. The van der Waals surface area contributed by atoms with Gasteiger partial charge in [0, 0.05) is 29.6 Å². The molecule has 0 spiro atoms. The summed E-state index contributed by atoms with van der Waals surface area (Å²) in [5.41, 5.74) is 7.93. The lowest BCUT2D eigenvalue weighted by atomic mass is 9.93. The van der Waals surface area contributed by atoms with E-state index in [4.69, 9.17) is 0 Å². The zero-order valence-electron chi connectivity index (χ0n) is 26.4. The highest BCUT2D eigenvalue weighted by Gasteiger charge is 2.49. The lowest BCUT2D eigenvalue weighted by Gasteiger charge is -2.46. The Morgan fingerprint density at radius 1 is 0.543 bits per heavy atom. The van der Waals surface area contributed by atoms with E-state index < -0.39 is 8.07 Å². The second-order valence-corrected chi connectivity index (χ2v) is 16.6. The number of hydrogen-bond donors (Lipinski definition) is 0. The minimum Gasteiger partial charge on any atom is -0.355 e. The van der Waals surface area contributed by atoms with Gasteiger partial charge in [0.15, 0.2) is 8.07 Å². The number of nitrogens with zero attached hydrogens (tertiary/aromatic N) is 2. The second kappa shape index (κ2) is 11.7. The Balaban J connectivity index is 1.38. The molecule has 2 aliphatic rings. The van der Waals surface area contributed by atoms with Crippen molar-refractivity contribution in [1.29, 1.82) is 0 Å². The van der Waals surface area contributed by atoms with Crippen LogP contribution in [-0.2, 0) is 6.42 Å². The van der Waals surface area contributed by atoms with Crippen molar-refractivity contribution in [2.75, 3.05) is 11.9 Å². The van der Waals surface area contributed by atoms with Crippen LogP contribution in [0.3, 0.4) is 0 Å². The van der Waals surface area contributed by atoms with E-state index in [1.54, 1.807) is 0 Å². The first-order chi connectivity index (χ1) is 22.7. The van der Waals surface area contributed by atoms with Crippen LogP contribution in [0.4, 0.5) is 5.82 Å². The van der Waals surface area contributed by atoms with Crippen LogP contribution in [0.25, 0.3) is 29.0 Å². The lowest BCUT2D eigenvalue weighted by Crippen LogP contribution is -2.77. The maximum Gasteiger partial charge on any atom is 0.175 e. The quantitative estimate of drug-likeness (QED) is 0.138. The molecule has 2 unspecified atom stereocenters. The number of fused-ring (bicyclic) bond motifs is 3. The number of para-hydroxylation sites is 1. The molecule has 2 nitrogen and oxygen atoms in total. The van der Waals surface area contributed by atoms with Gasteiger partial charge in [0.25, 0.3) is 0 Å². The highest BCUT2D eigenvalue weighted by molar-refractivity contribution is 7.13. The fraction of sp³-hybridized carbons (Fsp3) is 0.116. The molecule has 6 aromatic rings. The van der Waals surface area contributed by atoms with Gasteiger partial charge in [0.05, 0.1) is 5.67 Å². The first-order valence-corrected chi connectivity index (χ1v) is 18.4. The molecule has 8 rings (SSSR count). The van der Waals surface area contributed by atoms with Crippen molar-refractivity contribution in [3.05, 3.63) is 175 Å². The summed E-state index contributed by atoms with van der Waals surface area (Å²) in [6.45, 7) is 2.32. The summed E-state index contributed by atoms with van der Waals surface area (Å²) in [5.74, 6) is 1.79. The van der Waals surface area contributed by atoms with Gasteiger partial charge in [-0.25, -0.2) is 0 Å². The standard InChI is InChI=1S/C43H38N2Si/c1-32-23-28-39-40-29-30-42(44(2)43(40)45(41(39)31-32)35-17-9-4-10-18-35)46(36-19-11-5-12-20-36,37-21-13-6-14-22-37)38-26-24-34(25-27-38)33-15-7-3-8-16-33/h3-30,32,42H,31H2,1-2H3. The number of aromatic nitrogens is 1. The van der Waals surface area contributed by atoms with E-state index in [2.05, 4.69) is 193 Å². The molecule has 46 heavy (non-hydrogen) atoms. The number of likely N-dealkylation sites (N-methyl/N-ethyl adjacent to an activating group) is 1. The van der Waals surface area contributed by atoms with Gasteiger partial charge in [-0.2, -0.15) is 0 Å². The summed E-state index contributed by atoms with van der Waals surface area (Å²) >= 11 is 0. The highest BCUT2D eigenvalue weighted by Crippen LogP contribution is 2.42. The zero-order chi connectivity index (χ0) is 31.1. The predicted octanol–water partition coefficient (Wildman–Crippen LogP) is 7.89. The molecule has 0 bridgehead atoms. The molecule has 0 saturated carbocycles. The molecule has 0 radical (unpaired) electrons. The van der Waals surface area contributed by atoms with Crippen molar-refractivity contribution in [1.82, 2.24) is 4.57 Å². The molecule has 2 atom stereocenters. The molecule has 3 heteroatoms. The third-order valence-corrected chi connectivity index (χ3v) is 15.2. The van der Waals surface area contributed by atoms with E-state index in [9.17, 15) is 0 Å². The summed E-state index contributed by atoms with van der Waals surface area (Å²) < 4.78 is 2.55. The molecular weight excluding hydrogens is 573 g/mol.